The maximum absolute atomic E-state index is 11.7. The van der Waals surface area contributed by atoms with Gasteiger partial charge in [-0.3, -0.25) is 9.69 Å². The monoisotopic (exact) mass is 255 g/mol. The molecule has 0 aliphatic carbocycles. The molecule has 0 saturated heterocycles. The van der Waals surface area contributed by atoms with E-state index in [-0.39, 0.29) is 5.91 Å². The van der Waals surface area contributed by atoms with Gasteiger partial charge in [-0.05, 0) is 42.5 Å². The standard InChI is InChI=1S/C17H21NO/c1-13(2)5-4-6-15-8-10-16(11-9-15)18-14(3)7-12-17(18)19/h7-13H,3-6H2,1-2H3. The molecule has 1 aromatic carbocycles. The summed E-state index contributed by atoms with van der Waals surface area (Å²) in [5, 5.41) is 0. The zero-order chi connectivity index (χ0) is 13.8. The van der Waals surface area contributed by atoms with Gasteiger partial charge in [0.15, 0.2) is 0 Å². The summed E-state index contributed by atoms with van der Waals surface area (Å²) in [7, 11) is 0. The summed E-state index contributed by atoms with van der Waals surface area (Å²) in [6, 6.07) is 8.21. The van der Waals surface area contributed by atoms with Crippen LogP contribution in [0.25, 0.3) is 0 Å². The maximum Gasteiger partial charge on any atom is 0.255 e. The Morgan fingerprint density at radius 1 is 1.16 bits per heavy atom. The second-order valence-electron chi connectivity index (χ2n) is 5.45. The lowest BCUT2D eigenvalue weighted by atomic mass is 10.0. The van der Waals surface area contributed by atoms with Crippen molar-refractivity contribution in [2.45, 2.75) is 33.1 Å². The number of nitrogens with zero attached hydrogens (tertiary/aromatic N) is 1. The van der Waals surface area contributed by atoms with Gasteiger partial charge >= 0.3 is 0 Å². The van der Waals surface area contributed by atoms with E-state index in [2.05, 4.69) is 32.6 Å². The molecule has 0 fully saturated rings. The third-order valence-electron chi connectivity index (χ3n) is 3.37. The number of carbonyl (C=O) groups excluding carboxylic acids is 1. The van der Waals surface area contributed by atoms with E-state index in [4.69, 9.17) is 0 Å². The van der Waals surface area contributed by atoms with Gasteiger partial charge in [-0.1, -0.05) is 39.0 Å². The normalized spacial score (nSPS) is 14.8. The minimum Gasteiger partial charge on any atom is -0.278 e. The van der Waals surface area contributed by atoms with Gasteiger partial charge in [0.1, 0.15) is 0 Å². The van der Waals surface area contributed by atoms with Crippen molar-refractivity contribution in [3.8, 4) is 0 Å². The maximum atomic E-state index is 11.7. The summed E-state index contributed by atoms with van der Waals surface area (Å²) in [5.41, 5.74) is 2.96. The van der Waals surface area contributed by atoms with E-state index in [0.717, 1.165) is 23.7 Å². The van der Waals surface area contributed by atoms with Gasteiger partial charge in [-0.25, -0.2) is 0 Å². The number of rotatable bonds is 5. The largest absolute Gasteiger partial charge is 0.278 e. The Kier molecular flexibility index (Phi) is 4.20. The quantitative estimate of drug-likeness (QED) is 0.776. The lowest BCUT2D eigenvalue weighted by molar-refractivity contribution is -0.113. The number of anilines is 1. The van der Waals surface area contributed by atoms with Gasteiger partial charge in [0, 0.05) is 17.5 Å². The minimum absolute atomic E-state index is 0.0162. The van der Waals surface area contributed by atoms with Crippen LogP contribution in [0, 0.1) is 5.92 Å². The van der Waals surface area contributed by atoms with Crippen molar-refractivity contribution in [3.05, 3.63) is 54.3 Å². The Hall–Kier alpha value is -1.83. The van der Waals surface area contributed by atoms with Gasteiger partial charge in [-0.2, -0.15) is 0 Å². The topological polar surface area (TPSA) is 20.3 Å². The molecular weight excluding hydrogens is 234 g/mol. The average Bonchev–Trinajstić information content (AvgIpc) is 2.70. The highest BCUT2D eigenvalue weighted by atomic mass is 16.2. The Bertz CT molecular complexity index is 478. The van der Waals surface area contributed by atoms with Crippen LogP contribution in [-0.2, 0) is 11.2 Å². The van der Waals surface area contributed by atoms with Crippen LogP contribution in [0.3, 0.4) is 0 Å². The van der Waals surface area contributed by atoms with E-state index in [9.17, 15) is 4.79 Å². The third-order valence-corrected chi connectivity index (χ3v) is 3.37. The predicted molar refractivity (Wildman–Crippen MR) is 80.0 cm³/mol. The molecular formula is C17H21NO. The molecule has 0 saturated carbocycles. The Balaban J connectivity index is 1.99. The van der Waals surface area contributed by atoms with Crippen LogP contribution in [0.5, 0.6) is 0 Å². The molecule has 100 valence electrons. The van der Waals surface area contributed by atoms with Crippen LogP contribution in [0.1, 0.15) is 32.3 Å². The summed E-state index contributed by atoms with van der Waals surface area (Å²) >= 11 is 0. The second kappa shape index (κ2) is 5.87. The Morgan fingerprint density at radius 3 is 2.37 bits per heavy atom. The average molecular weight is 255 g/mol. The lowest BCUT2D eigenvalue weighted by Gasteiger charge is -2.17. The van der Waals surface area contributed by atoms with Crippen molar-refractivity contribution in [3.63, 3.8) is 0 Å². The first-order chi connectivity index (χ1) is 9.08. The smallest absolute Gasteiger partial charge is 0.255 e. The number of benzene rings is 1. The van der Waals surface area contributed by atoms with Gasteiger partial charge in [0.2, 0.25) is 0 Å². The number of aryl methyl sites for hydroxylation is 1. The molecule has 1 amide bonds. The number of hydrogen-bond donors (Lipinski definition) is 0. The van der Waals surface area contributed by atoms with E-state index in [0.29, 0.717) is 0 Å². The summed E-state index contributed by atoms with van der Waals surface area (Å²) in [4.78, 5) is 13.3. The first-order valence-electron chi connectivity index (χ1n) is 6.88. The molecule has 2 heteroatoms. The van der Waals surface area contributed by atoms with Crippen LogP contribution in [-0.4, -0.2) is 5.91 Å². The van der Waals surface area contributed by atoms with Crippen molar-refractivity contribution >= 4 is 11.6 Å². The summed E-state index contributed by atoms with van der Waals surface area (Å²) in [6.07, 6.45) is 6.88. The van der Waals surface area contributed by atoms with Crippen molar-refractivity contribution < 1.29 is 4.79 Å². The Labute approximate surface area is 115 Å². The number of allylic oxidation sites excluding steroid dienone is 1. The highest BCUT2D eigenvalue weighted by Crippen LogP contribution is 2.24. The van der Waals surface area contributed by atoms with Crippen molar-refractivity contribution in [2.24, 2.45) is 5.92 Å². The SMILES string of the molecule is C=C1C=CC(=O)N1c1ccc(CCCC(C)C)cc1. The summed E-state index contributed by atoms with van der Waals surface area (Å²) < 4.78 is 0. The molecule has 0 bridgehead atoms. The number of hydrogen-bond acceptors (Lipinski definition) is 1. The van der Waals surface area contributed by atoms with Gasteiger partial charge in [0.25, 0.3) is 5.91 Å². The molecule has 0 aromatic heterocycles. The zero-order valence-electron chi connectivity index (χ0n) is 11.7. The molecule has 1 aliphatic rings. The van der Waals surface area contributed by atoms with Crippen LogP contribution < -0.4 is 4.90 Å². The van der Waals surface area contributed by atoms with Crippen LogP contribution in [0.15, 0.2) is 48.7 Å². The molecule has 0 atom stereocenters. The minimum atomic E-state index is -0.0162. The highest BCUT2D eigenvalue weighted by molar-refractivity contribution is 6.07. The molecule has 2 rings (SSSR count). The molecule has 2 nitrogen and oxygen atoms in total. The van der Waals surface area contributed by atoms with E-state index in [1.165, 1.54) is 18.4 Å². The molecule has 0 unspecified atom stereocenters. The predicted octanol–water partition coefficient (Wildman–Crippen LogP) is 4.08. The van der Waals surface area contributed by atoms with E-state index in [1.54, 1.807) is 17.1 Å². The summed E-state index contributed by atoms with van der Waals surface area (Å²) in [5.74, 6) is 0.744. The molecule has 1 heterocycles. The van der Waals surface area contributed by atoms with Crippen molar-refractivity contribution in [1.29, 1.82) is 0 Å². The molecule has 1 aromatic rings. The Morgan fingerprint density at radius 2 is 1.84 bits per heavy atom. The molecule has 0 radical (unpaired) electrons. The highest BCUT2D eigenvalue weighted by Gasteiger charge is 2.19. The molecule has 0 N–H and O–H groups in total. The molecule has 0 spiro atoms. The lowest BCUT2D eigenvalue weighted by Crippen LogP contribution is -2.22. The first kappa shape index (κ1) is 13.6. The van der Waals surface area contributed by atoms with E-state index in [1.807, 2.05) is 12.1 Å². The van der Waals surface area contributed by atoms with Gasteiger partial charge in [-0.15, -0.1) is 0 Å². The van der Waals surface area contributed by atoms with Gasteiger partial charge in [0.05, 0.1) is 0 Å². The molecule has 19 heavy (non-hydrogen) atoms. The fourth-order valence-electron chi connectivity index (χ4n) is 2.28. The van der Waals surface area contributed by atoms with E-state index >= 15 is 0 Å². The fourth-order valence-corrected chi connectivity index (χ4v) is 2.28. The van der Waals surface area contributed by atoms with Crippen LogP contribution in [0.2, 0.25) is 0 Å². The van der Waals surface area contributed by atoms with Crippen LogP contribution >= 0.6 is 0 Å². The molecule has 1 aliphatic heterocycles. The van der Waals surface area contributed by atoms with Gasteiger partial charge < -0.3 is 0 Å². The third kappa shape index (κ3) is 3.34. The second-order valence-corrected chi connectivity index (χ2v) is 5.45. The fraction of sp³-hybridized carbons (Fsp3) is 0.353. The van der Waals surface area contributed by atoms with Crippen LogP contribution in [0.4, 0.5) is 5.69 Å². The van der Waals surface area contributed by atoms with E-state index < -0.39 is 0 Å². The van der Waals surface area contributed by atoms with Crippen molar-refractivity contribution in [2.75, 3.05) is 4.90 Å². The van der Waals surface area contributed by atoms with Crippen molar-refractivity contribution in [1.82, 2.24) is 0 Å². The zero-order valence-corrected chi connectivity index (χ0v) is 11.7. The first-order valence-corrected chi connectivity index (χ1v) is 6.88. The number of carbonyl (C=O) groups is 1. The summed E-state index contributed by atoms with van der Waals surface area (Å²) in [6.45, 7) is 8.37. The number of amides is 1.